The molecule has 0 heterocycles. The van der Waals surface area contributed by atoms with Gasteiger partial charge in [0.05, 0.1) is 24.6 Å². The highest BCUT2D eigenvalue weighted by molar-refractivity contribution is 6.09. The molecule has 0 fully saturated rings. The molecule has 10 nitrogen and oxygen atoms in total. The maximum Gasteiger partial charge on any atom is 0.535 e. The molecule has 0 radical (unpaired) electrons. The van der Waals surface area contributed by atoms with E-state index in [4.69, 9.17) is 19.1 Å². The second kappa shape index (κ2) is 15.8. The van der Waals surface area contributed by atoms with Gasteiger partial charge in [-0.3, -0.25) is 14.5 Å². The number of ketones is 1. The number of rotatable bonds is 11. The summed E-state index contributed by atoms with van der Waals surface area (Å²) in [5.41, 5.74) is 7.16. The minimum Gasteiger partial charge on any atom is -0.433 e. The molecule has 4 aromatic carbocycles. The number of carbonyl (C=O) groups excluding carboxylic acids is 3. The van der Waals surface area contributed by atoms with Crippen molar-refractivity contribution in [2.45, 2.75) is 34.6 Å². The zero-order valence-electron chi connectivity index (χ0n) is 26.4. The molecular weight excluding hydrogens is 586 g/mol. The Morgan fingerprint density at radius 1 is 0.587 bits per heavy atom. The maximum absolute atomic E-state index is 13.2. The van der Waals surface area contributed by atoms with E-state index in [-0.39, 0.29) is 19.0 Å². The van der Waals surface area contributed by atoms with Crippen LogP contribution in [0, 0.1) is 6.92 Å². The Hall–Kier alpha value is -5.77. The number of anilines is 3. The molecule has 236 valence electrons. The molecule has 0 aliphatic carbocycles. The summed E-state index contributed by atoms with van der Waals surface area (Å²) in [5, 5.41) is 7.74. The van der Waals surface area contributed by atoms with E-state index in [9.17, 15) is 14.4 Å². The van der Waals surface area contributed by atoms with Crippen molar-refractivity contribution in [3.05, 3.63) is 125 Å². The van der Waals surface area contributed by atoms with Crippen molar-refractivity contribution in [2.75, 3.05) is 18.1 Å². The van der Waals surface area contributed by atoms with Crippen molar-refractivity contribution in [1.82, 2.24) is 0 Å². The predicted octanol–water partition coefficient (Wildman–Crippen LogP) is 8.49. The zero-order valence-corrected chi connectivity index (χ0v) is 26.4. The number of ether oxygens (including phenoxy) is 2. The van der Waals surface area contributed by atoms with Crippen LogP contribution in [0.3, 0.4) is 0 Å². The monoisotopic (exact) mass is 621 g/mol. The van der Waals surface area contributed by atoms with Crippen molar-refractivity contribution in [3.8, 4) is 0 Å². The lowest BCUT2D eigenvalue weighted by atomic mass is 10.0. The zero-order chi connectivity index (χ0) is 33.1. The van der Waals surface area contributed by atoms with Gasteiger partial charge in [0.15, 0.2) is 5.78 Å². The minimum absolute atomic E-state index is 0.0601. The van der Waals surface area contributed by atoms with Gasteiger partial charge in [-0.1, -0.05) is 58.3 Å². The number of benzene rings is 4. The Morgan fingerprint density at radius 3 is 1.39 bits per heavy atom. The van der Waals surface area contributed by atoms with Crippen LogP contribution in [0.25, 0.3) is 0 Å². The van der Waals surface area contributed by atoms with Gasteiger partial charge >= 0.3 is 12.3 Å². The van der Waals surface area contributed by atoms with E-state index in [0.717, 1.165) is 33.8 Å². The molecule has 4 aromatic rings. The molecule has 0 aliphatic rings. The molecular formula is C36H35N3O7. The average molecular weight is 622 g/mol. The molecule has 4 rings (SSSR count). The van der Waals surface area contributed by atoms with Gasteiger partial charge in [0.2, 0.25) is 0 Å². The third-order valence-corrected chi connectivity index (χ3v) is 6.79. The quantitative estimate of drug-likeness (QED) is 0.0538. The minimum atomic E-state index is -0.870. The summed E-state index contributed by atoms with van der Waals surface area (Å²) in [6.07, 6.45) is -1.74. The fraction of sp³-hybridized carbons (Fsp3) is 0.194. The average Bonchev–Trinajstić information content (AvgIpc) is 3.07. The van der Waals surface area contributed by atoms with Crippen molar-refractivity contribution in [1.29, 1.82) is 0 Å². The van der Waals surface area contributed by atoms with Gasteiger partial charge in [0.25, 0.3) is 0 Å². The van der Waals surface area contributed by atoms with Crippen LogP contribution < -0.4 is 4.90 Å². The molecule has 0 unspecified atom stereocenters. The Balaban J connectivity index is 1.66. The third kappa shape index (κ3) is 8.66. The Labute approximate surface area is 267 Å². The van der Waals surface area contributed by atoms with Crippen molar-refractivity contribution in [2.24, 2.45) is 10.3 Å². The molecule has 10 heteroatoms. The number of aryl methyl sites for hydroxylation is 1. The first-order valence-electron chi connectivity index (χ1n) is 14.7. The van der Waals surface area contributed by atoms with Crippen LogP contribution in [0.4, 0.5) is 26.7 Å². The molecule has 0 bridgehead atoms. The smallest absolute Gasteiger partial charge is 0.433 e. The molecule has 0 amide bonds. The first-order valence-corrected chi connectivity index (χ1v) is 14.7. The largest absolute Gasteiger partial charge is 0.535 e. The Morgan fingerprint density at radius 2 is 1.00 bits per heavy atom. The van der Waals surface area contributed by atoms with E-state index in [2.05, 4.69) is 10.3 Å². The van der Waals surface area contributed by atoms with Crippen LogP contribution in [-0.2, 0) is 19.1 Å². The summed E-state index contributed by atoms with van der Waals surface area (Å²) in [6, 6.07) is 30.0. The Kier molecular flexibility index (Phi) is 11.4. The molecule has 46 heavy (non-hydrogen) atoms. The van der Waals surface area contributed by atoms with E-state index >= 15 is 0 Å². The highest BCUT2D eigenvalue weighted by atomic mass is 16.8. The van der Waals surface area contributed by atoms with E-state index in [1.807, 2.05) is 109 Å². The Bertz CT molecular complexity index is 1650. The van der Waals surface area contributed by atoms with Crippen molar-refractivity contribution in [3.63, 3.8) is 0 Å². The summed E-state index contributed by atoms with van der Waals surface area (Å²) in [7, 11) is 0. The number of carbonyl (C=O) groups is 3. The molecule has 0 N–H and O–H groups in total. The van der Waals surface area contributed by atoms with Crippen LogP contribution >= 0.6 is 0 Å². The van der Waals surface area contributed by atoms with Crippen molar-refractivity contribution >= 4 is 46.6 Å². The summed E-state index contributed by atoms with van der Waals surface area (Å²) in [5.74, 6) is -0.0601. The predicted molar refractivity (Wildman–Crippen MR) is 176 cm³/mol. The molecule has 0 atom stereocenters. The fourth-order valence-corrected chi connectivity index (χ4v) is 4.47. The number of oxime groups is 2. The van der Waals surface area contributed by atoms with Gasteiger partial charge in [-0.15, -0.1) is 0 Å². The van der Waals surface area contributed by atoms with Gasteiger partial charge in [0, 0.05) is 28.2 Å². The van der Waals surface area contributed by atoms with Crippen LogP contribution in [0.2, 0.25) is 0 Å². The molecule has 0 aromatic heterocycles. The molecule has 0 aliphatic heterocycles. The summed E-state index contributed by atoms with van der Waals surface area (Å²) >= 11 is 0. The number of hydrogen-bond donors (Lipinski definition) is 0. The van der Waals surface area contributed by atoms with Crippen molar-refractivity contribution < 1.29 is 33.5 Å². The van der Waals surface area contributed by atoms with E-state index < -0.39 is 12.3 Å². The summed E-state index contributed by atoms with van der Waals surface area (Å²) in [6.45, 7) is 9.15. The van der Waals surface area contributed by atoms with Crippen LogP contribution in [-0.4, -0.2) is 42.7 Å². The van der Waals surface area contributed by atoms with Crippen LogP contribution in [0.5, 0.6) is 0 Å². The highest BCUT2D eigenvalue weighted by Gasteiger charge is 2.16. The lowest BCUT2D eigenvalue weighted by molar-refractivity contribution is 0.0604. The van der Waals surface area contributed by atoms with E-state index in [1.165, 1.54) is 0 Å². The normalized spacial score (nSPS) is 11.4. The van der Waals surface area contributed by atoms with Crippen LogP contribution in [0.15, 0.2) is 107 Å². The molecule has 0 spiro atoms. The lowest BCUT2D eigenvalue weighted by Gasteiger charge is -2.26. The summed E-state index contributed by atoms with van der Waals surface area (Å²) < 4.78 is 9.51. The first-order chi connectivity index (χ1) is 22.2. The standard InChI is InChI=1S/C36H35N3O7/c1-6-43-35(41)45-37-25(4)27-11-17-31(18-12-27)39(32-19-13-28(14-20-32)26(5)38-46-36(42)44-7-2)33-21-15-29(16-22-33)34(40)30-10-8-9-24(3)23-30/h8-23H,6-7H2,1-5H3. The second-order valence-electron chi connectivity index (χ2n) is 10.1. The lowest BCUT2D eigenvalue weighted by Crippen LogP contribution is -2.11. The second-order valence-corrected chi connectivity index (χ2v) is 10.1. The van der Waals surface area contributed by atoms with Gasteiger partial charge in [-0.25, -0.2) is 9.59 Å². The maximum atomic E-state index is 13.2. The van der Waals surface area contributed by atoms with E-state index in [0.29, 0.717) is 22.6 Å². The van der Waals surface area contributed by atoms with Gasteiger partial charge in [-0.05, 0) is 100 Å². The van der Waals surface area contributed by atoms with E-state index in [1.54, 1.807) is 27.7 Å². The summed E-state index contributed by atoms with van der Waals surface area (Å²) in [4.78, 5) is 47.9. The van der Waals surface area contributed by atoms with Crippen LogP contribution in [0.1, 0.15) is 60.3 Å². The first kappa shape index (κ1) is 33.1. The third-order valence-electron chi connectivity index (χ3n) is 6.79. The fourth-order valence-electron chi connectivity index (χ4n) is 4.47. The van der Waals surface area contributed by atoms with Gasteiger partial charge < -0.3 is 14.4 Å². The SMILES string of the molecule is CCOC(=O)ON=C(C)c1ccc(N(c2ccc(C(=O)c3cccc(C)c3)cc2)c2ccc(C(C)=NOC(=O)OCC)cc2)cc1. The van der Waals surface area contributed by atoms with Gasteiger partial charge in [0.1, 0.15) is 0 Å². The highest BCUT2D eigenvalue weighted by Crippen LogP contribution is 2.35. The molecule has 0 saturated heterocycles. The molecule has 0 saturated carbocycles. The topological polar surface area (TPSA) is 116 Å². The number of hydrogen-bond acceptors (Lipinski definition) is 10. The van der Waals surface area contributed by atoms with Gasteiger partial charge in [-0.2, -0.15) is 0 Å². The number of nitrogens with zero attached hydrogens (tertiary/aromatic N) is 3.